The van der Waals surface area contributed by atoms with Gasteiger partial charge in [-0.2, -0.15) is 0 Å². The molecule has 0 radical (unpaired) electrons. The Morgan fingerprint density at radius 1 is 1.11 bits per heavy atom. The first kappa shape index (κ1) is 22.2. The molecule has 0 fully saturated rings. The molecule has 2 aromatic rings. The van der Waals surface area contributed by atoms with E-state index >= 15 is 0 Å². The van der Waals surface area contributed by atoms with Crippen molar-refractivity contribution in [1.29, 1.82) is 0 Å². The number of ether oxygens (including phenoxy) is 1. The Morgan fingerprint density at radius 2 is 1.79 bits per heavy atom. The molecule has 0 bridgehead atoms. The number of nitrogens with zero attached hydrogens (tertiary/aromatic N) is 1. The molecule has 2 aromatic carbocycles. The van der Waals surface area contributed by atoms with Crippen LogP contribution in [0.5, 0.6) is 0 Å². The molecule has 0 aliphatic rings. The third kappa shape index (κ3) is 7.50. The van der Waals surface area contributed by atoms with E-state index in [4.69, 9.17) is 16.3 Å². The van der Waals surface area contributed by atoms with Crippen molar-refractivity contribution in [1.82, 2.24) is 5.32 Å². The van der Waals surface area contributed by atoms with E-state index in [-0.39, 0.29) is 18.9 Å². The molecule has 0 saturated heterocycles. The van der Waals surface area contributed by atoms with Crippen LogP contribution < -0.4 is 9.62 Å². The number of sulfonamides is 1. The lowest BCUT2D eigenvalue weighted by Gasteiger charge is -2.23. The molecular weight excluding hydrogens is 400 g/mol. The summed E-state index contributed by atoms with van der Waals surface area (Å²) in [5, 5.41) is 3.13. The SMILES string of the molecule is CS(=O)(=O)N(CCCC(=O)NCCOCc1ccccc1)c1ccccc1Cl. The van der Waals surface area contributed by atoms with Crippen molar-refractivity contribution in [3.8, 4) is 0 Å². The van der Waals surface area contributed by atoms with Crippen LogP contribution in [-0.2, 0) is 26.2 Å². The first-order valence-electron chi connectivity index (χ1n) is 8.98. The van der Waals surface area contributed by atoms with E-state index in [1.807, 2.05) is 30.3 Å². The minimum atomic E-state index is -3.49. The monoisotopic (exact) mass is 424 g/mol. The van der Waals surface area contributed by atoms with Gasteiger partial charge in [0, 0.05) is 19.5 Å². The summed E-state index contributed by atoms with van der Waals surface area (Å²) in [4.78, 5) is 12.0. The van der Waals surface area contributed by atoms with Crippen molar-refractivity contribution in [3.63, 3.8) is 0 Å². The average molecular weight is 425 g/mol. The van der Waals surface area contributed by atoms with Crippen LogP contribution in [-0.4, -0.2) is 40.3 Å². The number of halogens is 1. The van der Waals surface area contributed by atoms with Gasteiger partial charge in [-0.1, -0.05) is 54.1 Å². The number of hydrogen-bond acceptors (Lipinski definition) is 4. The number of amides is 1. The number of carbonyl (C=O) groups is 1. The Balaban J connectivity index is 1.70. The molecule has 1 N–H and O–H groups in total. The van der Waals surface area contributed by atoms with Crippen LogP contribution in [0, 0.1) is 0 Å². The van der Waals surface area contributed by atoms with Gasteiger partial charge in [-0.3, -0.25) is 9.10 Å². The second-order valence-electron chi connectivity index (χ2n) is 6.28. The fourth-order valence-corrected chi connectivity index (χ4v) is 3.88. The Labute approximate surface area is 171 Å². The number of para-hydroxylation sites is 1. The molecule has 152 valence electrons. The molecule has 0 spiro atoms. The first-order chi connectivity index (χ1) is 13.4. The maximum atomic E-state index is 12.1. The first-order valence-corrected chi connectivity index (χ1v) is 11.2. The van der Waals surface area contributed by atoms with Gasteiger partial charge >= 0.3 is 0 Å². The van der Waals surface area contributed by atoms with E-state index in [1.165, 1.54) is 4.31 Å². The number of benzene rings is 2. The number of carbonyl (C=O) groups excluding carboxylic acids is 1. The van der Waals surface area contributed by atoms with Crippen LogP contribution in [0.2, 0.25) is 5.02 Å². The highest BCUT2D eigenvalue weighted by atomic mass is 35.5. The molecule has 0 aromatic heterocycles. The molecule has 0 unspecified atom stereocenters. The summed E-state index contributed by atoms with van der Waals surface area (Å²) in [6, 6.07) is 16.5. The van der Waals surface area contributed by atoms with Crippen molar-refractivity contribution in [2.75, 3.05) is 30.3 Å². The Kier molecular flexibility index (Phi) is 8.76. The number of nitrogens with one attached hydrogen (secondary N) is 1. The van der Waals surface area contributed by atoms with Crippen molar-refractivity contribution in [3.05, 3.63) is 65.2 Å². The van der Waals surface area contributed by atoms with Gasteiger partial charge in [-0.05, 0) is 24.1 Å². The van der Waals surface area contributed by atoms with E-state index < -0.39 is 10.0 Å². The lowest BCUT2D eigenvalue weighted by molar-refractivity contribution is -0.121. The van der Waals surface area contributed by atoms with E-state index in [1.54, 1.807) is 24.3 Å². The summed E-state index contributed by atoms with van der Waals surface area (Å²) in [7, 11) is -3.49. The summed E-state index contributed by atoms with van der Waals surface area (Å²) in [5.74, 6) is -0.143. The largest absolute Gasteiger partial charge is 0.375 e. The minimum absolute atomic E-state index is 0.143. The molecule has 28 heavy (non-hydrogen) atoms. The van der Waals surface area contributed by atoms with Crippen LogP contribution in [0.4, 0.5) is 5.69 Å². The van der Waals surface area contributed by atoms with Crippen LogP contribution in [0.3, 0.4) is 0 Å². The summed E-state index contributed by atoms with van der Waals surface area (Å²) in [6.45, 7) is 1.50. The summed E-state index contributed by atoms with van der Waals surface area (Å²) in [6.07, 6.45) is 1.73. The maximum absolute atomic E-state index is 12.1. The molecule has 6 nitrogen and oxygen atoms in total. The van der Waals surface area contributed by atoms with E-state index in [2.05, 4.69) is 5.32 Å². The highest BCUT2D eigenvalue weighted by Gasteiger charge is 2.19. The van der Waals surface area contributed by atoms with Gasteiger partial charge in [-0.15, -0.1) is 0 Å². The van der Waals surface area contributed by atoms with Crippen LogP contribution in [0.15, 0.2) is 54.6 Å². The Hall–Kier alpha value is -2.09. The zero-order chi connectivity index (χ0) is 20.4. The third-order valence-electron chi connectivity index (χ3n) is 3.97. The normalized spacial score (nSPS) is 11.2. The fourth-order valence-electron chi connectivity index (χ4n) is 2.62. The minimum Gasteiger partial charge on any atom is -0.375 e. The van der Waals surface area contributed by atoms with Crippen molar-refractivity contribution >= 4 is 33.2 Å². The molecular formula is C20H25ClN2O4S. The number of rotatable bonds is 11. The topological polar surface area (TPSA) is 75.7 Å². The van der Waals surface area contributed by atoms with Crippen molar-refractivity contribution in [2.24, 2.45) is 0 Å². The van der Waals surface area contributed by atoms with Gasteiger partial charge in [0.1, 0.15) is 0 Å². The van der Waals surface area contributed by atoms with Crippen LogP contribution in [0.25, 0.3) is 0 Å². The van der Waals surface area contributed by atoms with E-state index in [9.17, 15) is 13.2 Å². The molecule has 0 saturated carbocycles. The van der Waals surface area contributed by atoms with Crippen LogP contribution >= 0.6 is 11.6 Å². The van der Waals surface area contributed by atoms with Gasteiger partial charge in [0.15, 0.2) is 0 Å². The van der Waals surface area contributed by atoms with E-state index in [0.717, 1.165) is 11.8 Å². The predicted octanol–water partition coefficient (Wildman–Crippen LogP) is 3.22. The van der Waals surface area contributed by atoms with Gasteiger partial charge < -0.3 is 10.1 Å². The van der Waals surface area contributed by atoms with Gasteiger partial charge in [0.25, 0.3) is 0 Å². The van der Waals surface area contributed by atoms with Crippen molar-refractivity contribution < 1.29 is 17.9 Å². The zero-order valence-corrected chi connectivity index (χ0v) is 17.4. The Bertz CT molecular complexity index is 860. The molecule has 0 heterocycles. The second kappa shape index (κ2) is 11.0. The lowest BCUT2D eigenvalue weighted by Crippen LogP contribution is -2.32. The van der Waals surface area contributed by atoms with Gasteiger partial charge in [-0.25, -0.2) is 8.42 Å². The fraction of sp³-hybridized carbons (Fsp3) is 0.350. The summed E-state index contributed by atoms with van der Waals surface area (Å²) in [5.41, 5.74) is 1.50. The van der Waals surface area contributed by atoms with Gasteiger partial charge in [0.05, 0.1) is 30.2 Å². The predicted molar refractivity (Wildman–Crippen MR) is 112 cm³/mol. The number of anilines is 1. The van der Waals surface area contributed by atoms with E-state index in [0.29, 0.717) is 36.9 Å². The summed E-state index contributed by atoms with van der Waals surface area (Å²) < 4.78 is 30.9. The Morgan fingerprint density at radius 3 is 2.46 bits per heavy atom. The van der Waals surface area contributed by atoms with Gasteiger partial charge in [0.2, 0.25) is 15.9 Å². The molecule has 8 heteroatoms. The highest BCUT2D eigenvalue weighted by molar-refractivity contribution is 7.92. The smallest absolute Gasteiger partial charge is 0.232 e. The lowest BCUT2D eigenvalue weighted by atomic mass is 10.2. The third-order valence-corrected chi connectivity index (χ3v) is 5.47. The number of hydrogen-bond donors (Lipinski definition) is 1. The molecule has 0 aliphatic carbocycles. The van der Waals surface area contributed by atoms with Crippen molar-refractivity contribution in [2.45, 2.75) is 19.4 Å². The highest BCUT2D eigenvalue weighted by Crippen LogP contribution is 2.27. The second-order valence-corrected chi connectivity index (χ2v) is 8.59. The molecule has 1 amide bonds. The molecule has 0 atom stereocenters. The summed E-state index contributed by atoms with van der Waals surface area (Å²) >= 11 is 6.11. The molecule has 2 rings (SSSR count). The molecule has 0 aliphatic heterocycles. The zero-order valence-electron chi connectivity index (χ0n) is 15.8. The van der Waals surface area contributed by atoms with Crippen LogP contribution in [0.1, 0.15) is 18.4 Å². The quantitative estimate of drug-likeness (QED) is 0.562. The maximum Gasteiger partial charge on any atom is 0.232 e. The average Bonchev–Trinajstić information content (AvgIpc) is 2.66. The standard InChI is InChI=1S/C20H25ClN2O4S/c1-28(25,26)23(19-11-6-5-10-18(19)21)14-7-12-20(24)22-13-15-27-16-17-8-3-2-4-9-17/h2-6,8-11H,7,12-16H2,1H3,(H,22,24).